The Balaban J connectivity index is 1.68. The molecule has 1 heterocycles. The standard InChI is InChI=1S/C27H30N4O3/c1-18-6-8-22(9-7-18)17-31-20(3)24(19(2)30-31)15-23(16-28)27(32)29-13-12-21-10-11-25(33-4)26(14-21)34-5/h6-11,14-15H,12-13,17H2,1-5H3,(H,29,32)/b23-15+. The second-order valence-corrected chi connectivity index (χ2v) is 8.09. The van der Waals surface area contributed by atoms with Gasteiger partial charge >= 0.3 is 0 Å². The van der Waals surface area contributed by atoms with Crippen molar-refractivity contribution >= 4 is 12.0 Å². The number of aryl methyl sites for hydroxylation is 2. The van der Waals surface area contributed by atoms with Crippen LogP contribution in [0.2, 0.25) is 0 Å². The Hall–Kier alpha value is -4.05. The maximum Gasteiger partial charge on any atom is 0.261 e. The van der Waals surface area contributed by atoms with Gasteiger partial charge in [0.25, 0.3) is 5.91 Å². The van der Waals surface area contributed by atoms with Crippen LogP contribution in [0.3, 0.4) is 0 Å². The first-order valence-electron chi connectivity index (χ1n) is 11.1. The zero-order valence-electron chi connectivity index (χ0n) is 20.3. The summed E-state index contributed by atoms with van der Waals surface area (Å²) < 4.78 is 12.5. The number of benzene rings is 2. The fourth-order valence-electron chi connectivity index (χ4n) is 3.68. The number of methoxy groups -OCH3 is 2. The summed E-state index contributed by atoms with van der Waals surface area (Å²) in [6, 6.07) is 16.0. The van der Waals surface area contributed by atoms with Gasteiger partial charge in [-0.25, -0.2) is 0 Å². The molecule has 1 amide bonds. The number of carbonyl (C=O) groups is 1. The van der Waals surface area contributed by atoms with Crippen LogP contribution in [0.1, 0.15) is 33.6 Å². The summed E-state index contributed by atoms with van der Waals surface area (Å²) in [5.74, 6) is 0.879. The minimum atomic E-state index is -0.409. The average molecular weight is 459 g/mol. The molecule has 0 fully saturated rings. The van der Waals surface area contributed by atoms with Crippen LogP contribution in [0.25, 0.3) is 6.08 Å². The molecule has 0 aliphatic carbocycles. The highest BCUT2D eigenvalue weighted by atomic mass is 16.5. The van der Waals surface area contributed by atoms with Gasteiger partial charge in [-0.2, -0.15) is 10.4 Å². The molecule has 0 unspecified atom stereocenters. The number of nitrogens with zero attached hydrogens (tertiary/aromatic N) is 3. The summed E-state index contributed by atoms with van der Waals surface area (Å²) >= 11 is 0. The summed E-state index contributed by atoms with van der Waals surface area (Å²) in [4.78, 5) is 12.7. The summed E-state index contributed by atoms with van der Waals surface area (Å²) in [6.07, 6.45) is 2.21. The number of rotatable bonds is 9. The smallest absolute Gasteiger partial charge is 0.261 e. The molecule has 7 nitrogen and oxygen atoms in total. The molecule has 0 saturated carbocycles. The number of aromatic nitrogens is 2. The molecule has 0 atom stereocenters. The molecule has 1 aromatic heterocycles. The van der Waals surface area contributed by atoms with Gasteiger partial charge in [0.2, 0.25) is 0 Å². The van der Waals surface area contributed by atoms with Crippen LogP contribution in [0, 0.1) is 32.1 Å². The fraction of sp³-hybridized carbons (Fsp3) is 0.296. The van der Waals surface area contributed by atoms with Crippen molar-refractivity contribution in [2.75, 3.05) is 20.8 Å². The van der Waals surface area contributed by atoms with E-state index < -0.39 is 5.91 Å². The largest absolute Gasteiger partial charge is 0.493 e. The van der Waals surface area contributed by atoms with Crippen molar-refractivity contribution in [3.8, 4) is 17.6 Å². The Kier molecular flexibility index (Phi) is 8.10. The summed E-state index contributed by atoms with van der Waals surface area (Å²) in [6.45, 7) is 6.90. The van der Waals surface area contributed by atoms with E-state index in [9.17, 15) is 10.1 Å². The van der Waals surface area contributed by atoms with Gasteiger partial charge in [0, 0.05) is 17.8 Å². The lowest BCUT2D eigenvalue weighted by Gasteiger charge is -2.10. The first-order valence-corrected chi connectivity index (χ1v) is 11.1. The topological polar surface area (TPSA) is 89.2 Å². The van der Waals surface area contributed by atoms with Crippen LogP contribution < -0.4 is 14.8 Å². The summed E-state index contributed by atoms with van der Waals surface area (Å²) in [5, 5.41) is 17.1. The Morgan fingerprint density at radius 2 is 1.74 bits per heavy atom. The molecule has 3 rings (SSSR count). The molecule has 0 bridgehead atoms. The molecular weight excluding hydrogens is 428 g/mol. The van der Waals surface area contributed by atoms with Crippen molar-refractivity contribution in [3.63, 3.8) is 0 Å². The molecule has 34 heavy (non-hydrogen) atoms. The van der Waals surface area contributed by atoms with Gasteiger partial charge in [0.05, 0.1) is 26.5 Å². The second-order valence-electron chi connectivity index (χ2n) is 8.09. The molecule has 2 aromatic carbocycles. The van der Waals surface area contributed by atoms with Crippen LogP contribution in [0.15, 0.2) is 48.0 Å². The third-order valence-electron chi connectivity index (χ3n) is 5.69. The van der Waals surface area contributed by atoms with Gasteiger partial charge < -0.3 is 14.8 Å². The lowest BCUT2D eigenvalue weighted by Crippen LogP contribution is -2.26. The van der Waals surface area contributed by atoms with Gasteiger partial charge in [0.15, 0.2) is 11.5 Å². The Labute approximate surface area is 200 Å². The summed E-state index contributed by atoms with van der Waals surface area (Å²) in [5.41, 5.74) is 5.85. The predicted molar refractivity (Wildman–Crippen MR) is 132 cm³/mol. The number of nitriles is 1. The SMILES string of the molecule is COc1ccc(CCNC(=O)/C(C#N)=C/c2c(C)nn(Cc3ccc(C)cc3)c2C)cc1OC. The normalized spacial score (nSPS) is 11.1. The third-order valence-corrected chi connectivity index (χ3v) is 5.69. The lowest BCUT2D eigenvalue weighted by atomic mass is 10.1. The van der Waals surface area contributed by atoms with Gasteiger partial charge in [-0.05, 0) is 56.5 Å². The molecule has 0 radical (unpaired) electrons. The number of ether oxygens (including phenoxy) is 2. The first kappa shape index (κ1) is 24.6. The molecule has 0 aliphatic rings. The highest BCUT2D eigenvalue weighted by Crippen LogP contribution is 2.27. The van der Waals surface area contributed by atoms with Crippen LogP contribution in [0.5, 0.6) is 11.5 Å². The van der Waals surface area contributed by atoms with E-state index in [0.29, 0.717) is 31.0 Å². The second kappa shape index (κ2) is 11.2. The van der Waals surface area contributed by atoms with Crippen LogP contribution in [-0.4, -0.2) is 36.5 Å². The predicted octanol–water partition coefficient (Wildman–Crippen LogP) is 4.14. The molecule has 0 aliphatic heterocycles. The van der Waals surface area contributed by atoms with Crippen molar-refractivity contribution < 1.29 is 14.3 Å². The molecule has 3 aromatic rings. The molecular formula is C27H30N4O3. The average Bonchev–Trinajstić information content (AvgIpc) is 3.10. The minimum absolute atomic E-state index is 0.0494. The number of hydrogen-bond donors (Lipinski definition) is 1. The first-order chi connectivity index (χ1) is 16.4. The molecule has 176 valence electrons. The van der Waals surface area contributed by atoms with Crippen LogP contribution in [0.4, 0.5) is 0 Å². The molecule has 0 saturated heterocycles. The Morgan fingerprint density at radius 1 is 1.06 bits per heavy atom. The zero-order valence-corrected chi connectivity index (χ0v) is 20.3. The van der Waals surface area contributed by atoms with Crippen molar-refractivity contribution in [2.45, 2.75) is 33.7 Å². The Bertz CT molecular complexity index is 1230. The molecule has 0 spiro atoms. The van der Waals surface area contributed by atoms with E-state index in [-0.39, 0.29) is 5.57 Å². The monoisotopic (exact) mass is 458 g/mol. The Morgan fingerprint density at radius 3 is 2.38 bits per heavy atom. The van der Waals surface area contributed by atoms with E-state index in [2.05, 4.69) is 41.6 Å². The highest BCUT2D eigenvalue weighted by Gasteiger charge is 2.15. The maximum atomic E-state index is 12.7. The summed E-state index contributed by atoms with van der Waals surface area (Å²) in [7, 11) is 3.17. The van der Waals surface area contributed by atoms with E-state index in [1.54, 1.807) is 20.3 Å². The highest BCUT2D eigenvalue weighted by molar-refractivity contribution is 6.01. The third kappa shape index (κ3) is 5.84. The van der Waals surface area contributed by atoms with Crippen LogP contribution in [-0.2, 0) is 17.8 Å². The molecule has 1 N–H and O–H groups in total. The van der Waals surface area contributed by atoms with Crippen molar-refractivity contribution in [1.29, 1.82) is 5.26 Å². The number of carbonyl (C=O) groups excluding carboxylic acids is 1. The van der Waals surface area contributed by atoms with E-state index in [1.807, 2.05) is 42.8 Å². The van der Waals surface area contributed by atoms with E-state index in [4.69, 9.17) is 9.47 Å². The van der Waals surface area contributed by atoms with Crippen LogP contribution >= 0.6 is 0 Å². The molecule has 7 heteroatoms. The van der Waals surface area contributed by atoms with Crippen molar-refractivity contribution in [3.05, 3.63) is 81.7 Å². The van der Waals surface area contributed by atoms with Gasteiger partial charge in [-0.15, -0.1) is 0 Å². The lowest BCUT2D eigenvalue weighted by molar-refractivity contribution is -0.117. The van der Waals surface area contributed by atoms with E-state index in [0.717, 1.165) is 28.1 Å². The zero-order chi connectivity index (χ0) is 24.7. The van der Waals surface area contributed by atoms with E-state index >= 15 is 0 Å². The number of hydrogen-bond acceptors (Lipinski definition) is 5. The number of nitrogens with one attached hydrogen (secondary N) is 1. The van der Waals surface area contributed by atoms with E-state index in [1.165, 1.54) is 5.56 Å². The van der Waals surface area contributed by atoms with Gasteiger partial charge in [0.1, 0.15) is 11.6 Å². The quantitative estimate of drug-likeness (QED) is 0.385. The van der Waals surface area contributed by atoms with Gasteiger partial charge in [-0.3, -0.25) is 9.48 Å². The number of amides is 1. The van der Waals surface area contributed by atoms with Gasteiger partial charge in [-0.1, -0.05) is 35.9 Å². The van der Waals surface area contributed by atoms with Crippen molar-refractivity contribution in [1.82, 2.24) is 15.1 Å². The van der Waals surface area contributed by atoms with Crippen molar-refractivity contribution in [2.24, 2.45) is 0 Å². The minimum Gasteiger partial charge on any atom is -0.493 e. The maximum absolute atomic E-state index is 12.7. The fourth-order valence-corrected chi connectivity index (χ4v) is 3.68.